The Labute approximate surface area is 140 Å². The zero-order valence-electron chi connectivity index (χ0n) is 13.8. The summed E-state index contributed by atoms with van der Waals surface area (Å²) in [5.41, 5.74) is 2.13. The standard InChI is InChI=1S/C18H21F2N3O/c1-3-23(4-2)15-8-5-13(6-9-15)22-18(24)12-21-14-7-10-16(19)17(20)11-14/h5-11,21H,3-4,12H2,1-2H3,(H,22,24). The summed E-state index contributed by atoms with van der Waals surface area (Å²) in [6, 6.07) is 11.0. The molecular formula is C18H21F2N3O. The second kappa shape index (κ2) is 8.29. The zero-order valence-corrected chi connectivity index (χ0v) is 13.8. The SMILES string of the molecule is CCN(CC)c1ccc(NC(=O)CNc2ccc(F)c(F)c2)cc1. The summed E-state index contributed by atoms with van der Waals surface area (Å²) in [4.78, 5) is 14.1. The molecule has 0 fully saturated rings. The molecule has 24 heavy (non-hydrogen) atoms. The van der Waals surface area contributed by atoms with Crippen LogP contribution in [0.2, 0.25) is 0 Å². The van der Waals surface area contributed by atoms with Crippen LogP contribution in [0.1, 0.15) is 13.8 Å². The van der Waals surface area contributed by atoms with E-state index in [0.717, 1.165) is 30.9 Å². The van der Waals surface area contributed by atoms with Crippen LogP contribution in [0.25, 0.3) is 0 Å². The number of rotatable bonds is 7. The molecule has 0 saturated carbocycles. The topological polar surface area (TPSA) is 44.4 Å². The number of nitrogens with zero attached hydrogens (tertiary/aromatic N) is 1. The zero-order chi connectivity index (χ0) is 17.5. The van der Waals surface area contributed by atoms with Gasteiger partial charge in [0.05, 0.1) is 6.54 Å². The van der Waals surface area contributed by atoms with Crippen molar-refractivity contribution in [3.63, 3.8) is 0 Å². The molecule has 6 heteroatoms. The van der Waals surface area contributed by atoms with E-state index in [1.807, 2.05) is 24.3 Å². The Morgan fingerprint density at radius 1 is 0.958 bits per heavy atom. The Bertz CT molecular complexity index is 685. The van der Waals surface area contributed by atoms with Crippen LogP contribution in [0.5, 0.6) is 0 Å². The first-order valence-electron chi connectivity index (χ1n) is 7.87. The summed E-state index contributed by atoms with van der Waals surface area (Å²) in [5, 5.41) is 5.51. The van der Waals surface area contributed by atoms with Crippen molar-refractivity contribution < 1.29 is 13.6 Å². The Kier molecular flexibility index (Phi) is 6.12. The van der Waals surface area contributed by atoms with Gasteiger partial charge in [-0.2, -0.15) is 0 Å². The Hall–Kier alpha value is -2.63. The van der Waals surface area contributed by atoms with Crippen LogP contribution in [0.15, 0.2) is 42.5 Å². The average Bonchev–Trinajstić information content (AvgIpc) is 2.58. The van der Waals surface area contributed by atoms with E-state index < -0.39 is 11.6 Å². The van der Waals surface area contributed by atoms with Crippen molar-refractivity contribution in [2.45, 2.75) is 13.8 Å². The highest BCUT2D eigenvalue weighted by Crippen LogP contribution is 2.18. The molecule has 2 aromatic carbocycles. The minimum atomic E-state index is -0.951. The van der Waals surface area contributed by atoms with Crippen LogP contribution in [0.4, 0.5) is 25.8 Å². The maximum absolute atomic E-state index is 13.1. The second-order valence-corrected chi connectivity index (χ2v) is 5.25. The monoisotopic (exact) mass is 333 g/mol. The van der Waals surface area contributed by atoms with Gasteiger partial charge in [0.1, 0.15) is 0 Å². The van der Waals surface area contributed by atoms with Crippen molar-refractivity contribution in [2.24, 2.45) is 0 Å². The van der Waals surface area contributed by atoms with Gasteiger partial charge < -0.3 is 15.5 Å². The molecule has 0 aliphatic carbocycles. The van der Waals surface area contributed by atoms with Crippen molar-refractivity contribution in [2.75, 3.05) is 35.2 Å². The summed E-state index contributed by atoms with van der Waals surface area (Å²) in [6.07, 6.45) is 0. The molecule has 0 heterocycles. The highest BCUT2D eigenvalue weighted by atomic mass is 19.2. The first-order chi connectivity index (χ1) is 11.5. The molecule has 0 aromatic heterocycles. The lowest BCUT2D eigenvalue weighted by Crippen LogP contribution is -2.23. The van der Waals surface area contributed by atoms with Gasteiger partial charge in [-0.05, 0) is 50.2 Å². The number of benzene rings is 2. The fraction of sp³-hybridized carbons (Fsp3) is 0.278. The average molecular weight is 333 g/mol. The van der Waals surface area contributed by atoms with E-state index >= 15 is 0 Å². The molecule has 128 valence electrons. The number of hydrogen-bond donors (Lipinski definition) is 2. The largest absolute Gasteiger partial charge is 0.376 e. The van der Waals surface area contributed by atoms with Crippen LogP contribution in [0, 0.1) is 11.6 Å². The second-order valence-electron chi connectivity index (χ2n) is 5.25. The van der Waals surface area contributed by atoms with E-state index in [4.69, 9.17) is 0 Å². The first-order valence-corrected chi connectivity index (χ1v) is 7.87. The van der Waals surface area contributed by atoms with E-state index in [0.29, 0.717) is 11.4 Å². The van der Waals surface area contributed by atoms with Crippen LogP contribution < -0.4 is 15.5 Å². The molecule has 0 atom stereocenters. The summed E-state index contributed by atoms with van der Waals surface area (Å²) in [7, 11) is 0. The van der Waals surface area contributed by atoms with E-state index in [1.54, 1.807) is 0 Å². The smallest absolute Gasteiger partial charge is 0.243 e. The van der Waals surface area contributed by atoms with Crippen molar-refractivity contribution in [3.8, 4) is 0 Å². The van der Waals surface area contributed by atoms with Crippen molar-refractivity contribution >= 4 is 23.0 Å². The molecule has 0 saturated heterocycles. The van der Waals surface area contributed by atoms with Crippen LogP contribution in [0.3, 0.4) is 0 Å². The van der Waals surface area contributed by atoms with E-state index in [2.05, 4.69) is 29.4 Å². The van der Waals surface area contributed by atoms with Gasteiger partial charge in [0, 0.05) is 36.2 Å². The van der Waals surface area contributed by atoms with Crippen LogP contribution >= 0.6 is 0 Å². The van der Waals surface area contributed by atoms with Gasteiger partial charge in [0.15, 0.2) is 11.6 Å². The van der Waals surface area contributed by atoms with Gasteiger partial charge in [-0.1, -0.05) is 0 Å². The fourth-order valence-electron chi connectivity index (χ4n) is 2.34. The molecule has 2 N–H and O–H groups in total. The number of hydrogen-bond acceptors (Lipinski definition) is 3. The van der Waals surface area contributed by atoms with Gasteiger partial charge in [-0.25, -0.2) is 8.78 Å². The molecule has 0 aliphatic rings. The Morgan fingerprint density at radius 2 is 1.58 bits per heavy atom. The number of carbonyl (C=O) groups excluding carboxylic acids is 1. The minimum Gasteiger partial charge on any atom is -0.376 e. The van der Waals surface area contributed by atoms with Crippen LogP contribution in [-0.4, -0.2) is 25.5 Å². The molecule has 1 amide bonds. The maximum Gasteiger partial charge on any atom is 0.243 e. The van der Waals surface area contributed by atoms with E-state index in [9.17, 15) is 13.6 Å². The first kappa shape index (κ1) is 17.7. The quantitative estimate of drug-likeness (QED) is 0.809. The summed E-state index contributed by atoms with van der Waals surface area (Å²) in [5.74, 6) is -2.14. The summed E-state index contributed by atoms with van der Waals surface area (Å²) in [6.45, 7) is 5.97. The predicted octanol–water partition coefficient (Wildman–Crippen LogP) is 3.86. The molecule has 0 spiro atoms. The van der Waals surface area contributed by atoms with Gasteiger partial charge in [0.2, 0.25) is 5.91 Å². The number of amides is 1. The van der Waals surface area contributed by atoms with Gasteiger partial charge in [0.25, 0.3) is 0 Å². The number of nitrogens with one attached hydrogen (secondary N) is 2. The molecule has 2 aromatic rings. The highest BCUT2D eigenvalue weighted by molar-refractivity contribution is 5.93. The fourth-order valence-corrected chi connectivity index (χ4v) is 2.34. The van der Waals surface area contributed by atoms with E-state index in [-0.39, 0.29) is 12.5 Å². The maximum atomic E-state index is 13.1. The number of anilines is 3. The minimum absolute atomic E-state index is 0.0388. The number of carbonyl (C=O) groups is 1. The van der Waals surface area contributed by atoms with Gasteiger partial charge in [-0.3, -0.25) is 4.79 Å². The third-order valence-electron chi connectivity index (χ3n) is 3.65. The van der Waals surface area contributed by atoms with Crippen molar-refractivity contribution in [1.29, 1.82) is 0 Å². The molecule has 4 nitrogen and oxygen atoms in total. The number of halogens is 2. The molecule has 0 radical (unpaired) electrons. The highest BCUT2D eigenvalue weighted by Gasteiger charge is 2.06. The van der Waals surface area contributed by atoms with Crippen LogP contribution in [-0.2, 0) is 4.79 Å². The molecule has 0 aliphatic heterocycles. The molecule has 0 bridgehead atoms. The lowest BCUT2D eigenvalue weighted by atomic mass is 10.2. The third-order valence-corrected chi connectivity index (χ3v) is 3.65. The lowest BCUT2D eigenvalue weighted by molar-refractivity contribution is -0.114. The normalized spacial score (nSPS) is 10.3. The van der Waals surface area contributed by atoms with Crippen molar-refractivity contribution in [3.05, 3.63) is 54.1 Å². The third kappa shape index (κ3) is 4.68. The van der Waals surface area contributed by atoms with Gasteiger partial charge in [-0.15, -0.1) is 0 Å². The van der Waals surface area contributed by atoms with Crippen molar-refractivity contribution in [1.82, 2.24) is 0 Å². The Balaban J connectivity index is 1.88. The molecule has 0 unspecified atom stereocenters. The Morgan fingerprint density at radius 3 is 2.17 bits per heavy atom. The van der Waals surface area contributed by atoms with E-state index in [1.165, 1.54) is 6.07 Å². The molecule has 2 rings (SSSR count). The molecular weight excluding hydrogens is 312 g/mol. The van der Waals surface area contributed by atoms with Gasteiger partial charge >= 0.3 is 0 Å². The lowest BCUT2D eigenvalue weighted by Gasteiger charge is -2.21. The summed E-state index contributed by atoms with van der Waals surface area (Å²) >= 11 is 0. The summed E-state index contributed by atoms with van der Waals surface area (Å²) < 4.78 is 25.9. The predicted molar refractivity (Wildman–Crippen MR) is 93.5 cm³/mol.